The lowest BCUT2D eigenvalue weighted by Crippen LogP contribution is -2.17. The fraction of sp³-hybridized carbons (Fsp3) is 0.222. The van der Waals surface area contributed by atoms with Gasteiger partial charge in [-0.2, -0.15) is 0 Å². The van der Waals surface area contributed by atoms with E-state index in [4.69, 9.17) is 11.6 Å². The molecule has 1 amide bonds. The molecule has 0 atom stereocenters. The van der Waals surface area contributed by atoms with Crippen molar-refractivity contribution in [2.45, 2.75) is 18.7 Å². The van der Waals surface area contributed by atoms with Crippen molar-refractivity contribution in [3.63, 3.8) is 0 Å². The number of hydrogen-bond acceptors (Lipinski definition) is 3. The number of ketones is 1. The van der Waals surface area contributed by atoms with Gasteiger partial charge in [-0.05, 0) is 36.4 Å². The second-order valence-electron chi connectivity index (χ2n) is 5.36. The van der Waals surface area contributed by atoms with Crippen molar-refractivity contribution in [2.75, 3.05) is 11.1 Å². The Morgan fingerprint density at radius 1 is 1.09 bits per heavy atom. The summed E-state index contributed by atoms with van der Waals surface area (Å²) in [5, 5.41) is 3.45. The molecule has 3 nitrogen and oxygen atoms in total. The fourth-order valence-electron chi connectivity index (χ4n) is 1.81. The lowest BCUT2D eigenvalue weighted by Gasteiger charge is -2.08. The van der Waals surface area contributed by atoms with Gasteiger partial charge in [0, 0.05) is 22.1 Å². The first-order chi connectivity index (χ1) is 11.0. The monoisotopic (exact) mass is 347 g/mol. The van der Waals surface area contributed by atoms with Crippen molar-refractivity contribution in [1.29, 1.82) is 0 Å². The van der Waals surface area contributed by atoms with E-state index < -0.39 is 0 Å². The zero-order chi connectivity index (χ0) is 16.8. The van der Waals surface area contributed by atoms with Crippen molar-refractivity contribution in [2.24, 2.45) is 5.92 Å². The maximum absolute atomic E-state index is 12.2. The highest BCUT2D eigenvalue weighted by Gasteiger charge is 2.10. The summed E-state index contributed by atoms with van der Waals surface area (Å²) in [6.07, 6.45) is 0. The number of anilines is 1. The molecule has 0 bridgehead atoms. The maximum atomic E-state index is 12.2. The van der Waals surface area contributed by atoms with Gasteiger partial charge < -0.3 is 5.32 Å². The Morgan fingerprint density at radius 2 is 1.74 bits per heavy atom. The van der Waals surface area contributed by atoms with E-state index in [9.17, 15) is 9.59 Å². The number of carbonyl (C=O) groups is 2. The number of carbonyl (C=O) groups excluding carboxylic acids is 2. The summed E-state index contributed by atoms with van der Waals surface area (Å²) in [5.41, 5.74) is 1.31. The quantitative estimate of drug-likeness (QED) is 0.596. The molecule has 0 unspecified atom stereocenters. The maximum Gasteiger partial charge on any atom is 0.226 e. The van der Waals surface area contributed by atoms with E-state index >= 15 is 0 Å². The highest BCUT2D eigenvalue weighted by atomic mass is 35.5. The van der Waals surface area contributed by atoms with Crippen LogP contribution < -0.4 is 5.32 Å². The van der Waals surface area contributed by atoms with E-state index in [-0.39, 0.29) is 17.6 Å². The van der Waals surface area contributed by atoms with Crippen molar-refractivity contribution in [3.05, 3.63) is 59.1 Å². The number of nitrogens with one attached hydrogen (secondary N) is 1. The van der Waals surface area contributed by atoms with Crippen LogP contribution >= 0.6 is 23.4 Å². The minimum atomic E-state index is -0.0803. The number of rotatable bonds is 6. The molecule has 2 aromatic carbocycles. The van der Waals surface area contributed by atoms with Gasteiger partial charge in [-0.25, -0.2) is 0 Å². The van der Waals surface area contributed by atoms with Gasteiger partial charge in [0.25, 0.3) is 0 Å². The van der Waals surface area contributed by atoms with Gasteiger partial charge in [0.05, 0.1) is 10.8 Å². The van der Waals surface area contributed by atoms with Crippen LogP contribution in [0.25, 0.3) is 0 Å². The summed E-state index contributed by atoms with van der Waals surface area (Å²) in [4.78, 5) is 24.7. The lowest BCUT2D eigenvalue weighted by molar-refractivity contribution is -0.118. The fourth-order valence-corrected chi connectivity index (χ4v) is 2.95. The molecular formula is C18H18ClNO2S. The van der Waals surface area contributed by atoms with Crippen molar-refractivity contribution >= 4 is 40.7 Å². The Bertz CT molecular complexity index is 698. The molecule has 0 saturated carbocycles. The average molecular weight is 348 g/mol. The van der Waals surface area contributed by atoms with E-state index in [2.05, 4.69) is 5.32 Å². The minimum absolute atomic E-state index is 0.0247. The normalized spacial score (nSPS) is 10.6. The predicted octanol–water partition coefficient (Wildman–Crippen LogP) is 4.91. The highest BCUT2D eigenvalue weighted by molar-refractivity contribution is 8.00. The van der Waals surface area contributed by atoms with Gasteiger partial charge in [0.1, 0.15) is 0 Å². The second-order valence-corrected chi connectivity index (χ2v) is 6.79. The largest absolute Gasteiger partial charge is 0.326 e. The first kappa shape index (κ1) is 17.6. The molecule has 0 aliphatic rings. The number of benzene rings is 2. The smallest absolute Gasteiger partial charge is 0.226 e. The Labute approximate surface area is 145 Å². The Kier molecular flexibility index (Phi) is 6.25. The van der Waals surface area contributed by atoms with Gasteiger partial charge in [-0.15, -0.1) is 11.8 Å². The molecule has 0 aromatic heterocycles. The Hall–Kier alpha value is -1.78. The van der Waals surface area contributed by atoms with Crippen LogP contribution in [0.1, 0.15) is 24.2 Å². The Balaban J connectivity index is 1.95. The summed E-state index contributed by atoms with van der Waals surface area (Å²) >= 11 is 7.49. The molecular weight excluding hydrogens is 330 g/mol. The van der Waals surface area contributed by atoms with E-state index in [1.54, 1.807) is 30.3 Å². The van der Waals surface area contributed by atoms with Crippen LogP contribution in [-0.4, -0.2) is 17.4 Å². The van der Waals surface area contributed by atoms with Gasteiger partial charge in [-0.1, -0.05) is 37.6 Å². The molecule has 1 N–H and O–H groups in total. The molecule has 2 aromatic rings. The average Bonchev–Trinajstić information content (AvgIpc) is 2.54. The third-order valence-corrected chi connectivity index (χ3v) is 4.71. The van der Waals surface area contributed by atoms with Crippen LogP contribution in [0.3, 0.4) is 0 Å². The zero-order valence-corrected chi connectivity index (χ0v) is 14.6. The molecule has 2 rings (SSSR count). The molecule has 0 heterocycles. The van der Waals surface area contributed by atoms with E-state index in [1.165, 1.54) is 11.8 Å². The molecule has 0 radical (unpaired) electrons. The summed E-state index contributed by atoms with van der Waals surface area (Å²) in [5.74, 6) is 0.222. The van der Waals surface area contributed by atoms with Crippen LogP contribution in [0.5, 0.6) is 0 Å². The molecule has 0 fully saturated rings. The van der Waals surface area contributed by atoms with E-state index in [0.29, 0.717) is 22.0 Å². The van der Waals surface area contributed by atoms with E-state index in [1.807, 2.05) is 32.0 Å². The van der Waals surface area contributed by atoms with Gasteiger partial charge in [0.2, 0.25) is 5.91 Å². The molecule has 0 spiro atoms. The number of thioether (sulfide) groups is 1. The van der Waals surface area contributed by atoms with Crippen molar-refractivity contribution < 1.29 is 9.59 Å². The SMILES string of the molecule is CC(C)C(=O)Nc1ccc(C(=O)CSc2ccccc2Cl)cc1. The van der Waals surface area contributed by atoms with Crippen LogP contribution in [0.4, 0.5) is 5.69 Å². The number of halogens is 1. The van der Waals surface area contributed by atoms with Crippen molar-refractivity contribution in [1.82, 2.24) is 0 Å². The highest BCUT2D eigenvalue weighted by Crippen LogP contribution is 2.27. The third-order valence-electron chi connectivity index (χ3n) is 3.19. The second kappa shape index (κ2) is 8.18. The molecule has 23 heavy (non-hydrogen) atoms. The predicted molar refractivity (Wildman–Crippen MR) is 96.4 cm³/mol. The number of Topliss-reactive ketones (excluding diaryl/α,β-unsaturated/α-hetero) is 1. The summed E-state index contributed by atoms with van der Waals surface area (Å²) in [6.45, 7) is 3.67. The third kappa shape index (κ3) is 5.12. The standard InChI is InChI=1S/C18H18ClNO2S/c1-12(2)18(22)20-14-9-7-13(8-10-14)16(21)11-23-17-6-4-3-5-15(17)19/h3-10,12H,11H2,1-2H3,(H,20,22). The van der Waals surface area contributed by atoms with Gasteiger partial charge in [0.15, 0.2) is 5.78 Å². The molecule has 0 aliphatic carbocycles. The topological polar surface area (TPSA) is 46.2 Å². The zero-order valence-electron chi connectivity index (χ0n) is 13.0. The summed E-state index contributed by atoms with van der Waals surface area (Å²) in [7, 11) is 0. The van der Waals surface area contributed by atoms with Crippen LogP contribution in [-0.2, 0) is 4.79 Å². The molecule has 5 heteroatoms. The Morgan fingerprint density at radius 3 is 2.35 bits per heavy atom. The van der Waals surface area contributed by atoms with E-state index in [0.717, 1.165) is 4.90 Å². The molecule has 120 valence electrons. The first-order valence-corrected chi connectivity index (χ1v) is 8.65. The number of hydrogen-bond donors (Lipinski definition) is 1. The molecule has 0 aliphatic heterocycles. The summed E-state index contributed by atoms with van der Waals surface area (Å²) < 4.78 is 0. The van der Waals surface area contributed by atoms with Gasteiger partial charge >= 0.3 is 0 Å². The van der Waals surface area contributed by atoms with Crippen LogP contribution in [0, 0.1) is 5.92 Å². The van der Waals surface area contributed by atoms with Crippen LogP contribution in [0.2, 0.25) is 5.02 Å². The lowest BCUT2D eigenvalue weighted by atomic mass is 10.1. The van der Waals surface area contributed by atoms with Gasteiger partial charge in [-0.3, -0.25) is 9.59 Å². The number of amides is 1. The molecule has 0 saturated heterocycles. The summed E-state index contributed by atoms with van der Waals surface area (Å²) in [6, 6.07) is 14.4. The minimum Gasteiger partial charge on any atom is -0.326 e. The van der Waals surface area contributed by atoms with Crippen molar-refractivity contribution in [3.8, 4) is 0 Å². The first-order valence-electron chi connectivity index (χ1n) is 7.29. The van der Waals surface area contributed by atoms with Crippen LogP contribution in [0.15, 0.2) is 53.4 Å².